The number of ether oxygens (including phenoxy) is 1. The highest BCUT2D eigenvalue weighted by molar-refractivity contribution is 5.89. The summed E-state index contributed by atoms with van der Waals surface area (Å²) in [4.78, 5) is 11.7. The van der Waals surface area contributed by atoms with Crippen molar-refractivity contribution < 1.29 is 14.6 Å². The Morgan fingerprint density at radius 2 is 1.72 bits per heavy atom. The van der Waals surface area contributed by atoms with E-state index in [1.807, 2.05) is 6.92 Å². The molecule has 0 spiro atoms. The molecular formula is C15H26O3. The van der Waals surface area contributed by atoms with Gasteiger partial charge in [0.05, 0.1) is 12.7 Å². The van der Waals surface area contributed by atoms with Crippen molar-refractivity contribution in [2.75, 3.05) is 6.61 Å². The Labute approximate surface area is 110 Å². The Morgan fingerprint density at radius 3 is 2.00 bits per heavy atom. The van der Waals surface area contributed by atoms with Crippen LogP contribution >= 0.6 is 0 Å². The van der Waals surface area contributed by atoms with Gasteiger partial charge in [0, 0.05) is 11.0 Å². The molecule has 1 aliphatic rings. The smallest absolute Gasteiger partial charge is 0.332 e. The van der Waals surface area contributed by atoms with E-state index in [4.69, 9.17) is 4.74 Å². The fourth-order valence-corrected chi connectivity index (χ4v) is 2.92. The van der Waals surface area contributed by atoms with Gasteiger partial charge in [0.15, 0.2) is 0 Å². The lowest BCUT2D eigenvalue weighted by atomic mass is 9.70. The van der Waals surface area contributed by atoms with Gasteiger partial charge in [-0.25, -0.2) is 4.79 Å². The van der Waals surface area contributed by atoms with Gasteiger partial charge in [-0.15, -0.1) is 0 Å². The second kappa shape index (κ2) is 6.37. The molecule has 1 heterocycles. The van der Waals surface area contributed by atoms with E-state index in [1.165, 1.54) is 0 Å². The van der Waals surface area contributed by atoms with E-state index in [0.29, 0.717) is 5.57 Å². The van der Waals surface area contributed by atoms with Gasteiger partial charge in [0.25, 0.3) is 0 Å². The standard InChI is InChI=1S/C15H26O3/c1-5-11(9-12-10-18-12)13(14(16)17)15(6-2,7-3)8-4/h12H,5-10H2,1-4H3,(H,16,17). The maximum absolute atomic E-state index is 11.7. The number of hydrogen-bond donors (Lipinski definition) is 1. The summed E-state index contributed by atoms with van der Waals surface area (Å²) in [5.74, 6) is -0.738. The van der Waals surface area contributed by atoms with E-state index in [-0.39, 0.29) is 11.5 Å². The first-order chi connectivity index (χ1) is 8.54. The number of rotatable bonds is 8. The maximum atomic E-state index is 11.7. The van der Waals surface area contributed by atoms with E-state index in [0.717, 1.165) is 44.3 Å². The Hall–Kier alpha value is -0.830. The van der Waals surface area contributed by atoms with Crippen molar-refractivity contribution >= 4 is 5.97 Å². The molecule has 18 heavy (non-hydrogen) atoms. The predicted molar refractivity (Wildman–Crippen MR) is 72.6 cm³/mol. The molecule has 1 atom stereocenters. The summed E-state index contributed by atoms with van der Waals surface area (Å²) in [6, 6.07) is 0. The van der Waals surface area contributed by atoms with Gasteiger partial charge in [-0.1, -0.05) is 33.3 Å². The Bertz CT molecular complexity index is 314. The number of carboxylic acid groups (broad SMARTS) is 1. The average Bonchev–Trinajstić information content (AvgIpc) is 3.17. The minimum Gasteiger partial charge on any atom is -0.478 e. The monoisotopic (exact) mass is 254 g/mol. The molecule has 3 nitrogen and oxygen atoms in total. The largest absolute Gasteiger partial charge is 0.478 e. The molecule has 1 fully saturated rings. The molecule has 0 amide bonds. The third-order valence-corrected chi connectivity index (χ3v) is 4.43. The fourth-order valence-electron chi connectivity index (χ4n) is 2.92. The zero-order chi connectivity index (χ0) is 13.8. The van der Waals surface area contributed by atoms with Crippen LogP contribution < -0.4 is 0 Å². The molecule has 0 radical (unpaired) electrons. The second-order valence-electron chi connectivity index (χ2n) is 5.14. The van der Waals surface area contributed by atoms with Crippen molar-refractivity contribution in [3.63, 3.8) is 0 Å². The Morgan fingerprint density at radius 1 is 1.22 bits per heavy atom. The molecule has 0 bridgehead atoms. The highest BCUT2D eigenvalue weighted by Gasteiger charge is 2.36. The van der Waals surface area contributed by atoms with Gasteiger partial charge >= 0.3 is 5.97 Å². The lowest BCUT2D eigenvalue weighted by Crippen LogP contribution is -2.28. The van der Waals surface area contributed by atoms with Crippen LogP contribution in [0.4, 0.5) is 0 Å². The molecule has 1 aliphatic heterocycles. The Kier molecular flexibility index (Phi) is 5.39. The summed E-state index contributed by atoms with van der Waals surface area (Å²) >= 11 is 0. The molecule has 3 heteroatoms. The van der Waals surface area contributed by atoms with Crippen molar-refractivity contribution in [1.29, 1.82) is 0 Å². The van der Waals surface area contributed by atoms with E-state index in [2.05, 4.69) is 20.8 Å². The lowest BCUT2D eigenvalue weighted by molar-refractivity contribution is -0.134. The number of hydrogen-bond acceptors (Lipinski definition) is 2. The SMILES string of the molecule is CCC(CC1CO1)=C(C(=O)O)C(CC)(CC)CC. The quantitative estimate of drug-likeness (QED) is 0.529. The van der Waals surface area contributed by atoms with Gasteiger partial charge in [-0.05, 0) is 32.1 Å². The van der Waals surface area contributed by atoms with Crippen molar-refractivity contribution in [2.24, 2.45) is 5.41 Å². The molecule has 1 rings (SSSR count). The van der Waals surface area contributed by atoms with Gasteiger partial charge in [-0.2, -0.15) is 0 Å². The summed E-state index contributed by atoms with van der Waals surface area (Å²) in [5.41, 5.74) is 1.56. The van der Waals surface area contributed by atoms with Gasteiger partial charge < -0.3 is 9.84 Å². The molecule has 0 aromatic rings. The first kappa shape index (κ1) is 15.2. The topological polar surface area (TPSA) is 49.8 Å². The minimum absolute atomic E-state index is 0.175. The molecular weight excluding hydrogens is 228 g/mol. The van der Waals surface area contributed by atoms with E-state index < -0.39 is 5.97 Å². The normalized spacial score (nSPS) is 20.6. The van der Waals surface area contributed by atoms with Crippen LogP contribution in [-0.4, -0.2) is 23.8 Å². The van der Waals surface area contributed by atoms with Crippen molar-refractivity contribution in [2.45, 2.75) is 65.9 Å². The fraction of sp³-hybridized carbons (Fsp3) is 0.800. The summed E-state index contributed by atoms with van der Waals surface area (Å²) < 4.78 is 5.26. The number of carboxylic acids is 1. The lowest BCUT2D eigenvalue weighted by Gasteiger charge is -2.33. The van der Waals surface area contributed by atoms with Crippen LogP contribution in [0.2, 0.25) is 0 Å². The summed E-state index contributed by atoms with van der Waals surface area (Å²) in [5, 5.41) is 9.64. The van der Waals surface area contributed by atoms with Crippen molar-refractivity contribution in [1.82, 2.24) is 0 Å². The zero-order valence-electron chi connectivity index (χ0n) is 12.1. The van der Waals surface area contributed by atoms with Crippen LogP contribution in [0, 0.1) is 5.41 Å². The molecule has 1 unspecified atom stereocenters. The Balaban J connectivity index is 3.17. The third-order valence-electron chi connectivity index (χ3n) is 4.43. The average molecular weight is 254 g/mol. The summed E-state index contributed by atoms with van der Waals surface area (Å²) in [7, 11) is 0. The van der Waals surface area contributed by atoms with E-state index >= 15 is 0 Å². The van der Waals surface area contributed by atoms with Crippen LogP contribution in [0.15, 0.2) is 11.1 Å². The van der Waals surface area contributed by atoms with Gasteiger partial charge in [0.1, 0.15) is 0 Å². The van der Waals surface area contributed by atoms with Gasteiger partial charge in [-0.3, -0.25) is 0 Å². The predicted octanol–water partition coefficient (Wildman–Crippen LogP) is 3.78. The van der Waals surface area contributed by atoms with Crippen LogP contribution in [0.5, 0.6) is 0 Å². The highest BCUT2D eigenvalue weighted by atomic mass is 16.6. The van der Waals surface area contributed by atoms with Crippen LogP contribution in [0.1, 0.15) is 59.8 Å². The zero-order valence-corrected chi connectivity index (χ0v) is 12.1. The molecule has 0 aromatic carbocycles. The molecule has 1 saturated heterocycles. The van der Waals surface area contributed by atoms with Crippen LogP contribution in [0.3, 0.4) is 0 Å². The van der Waals surface area contributed by atoms with Gasteiger partial charge in [0.2, 0.25) is 0 Å². The first-order valence-electron chi connectivity index (χ1n) is 7.11. The molecule has 1 N–H and O–H groups in total. The number of carbonyl (C=O) groups is 1. The van der Waals surface area contributed by atoms with Crippen LogP contribution in [0.25, 0.3) is 0 Å². The molecule has 0 aromatic heterocycles. The number of aliphatic carboxylic acids is 1. The van der Waals surface area contributed by atoms with E-state index in [1.54, 1.807) is 0 Å². The third kappa shape index (κ3) is 3.14. The van der Waals surface area contributed by atoms with Crippen molar-refractivity contribution in [3.05, 3.63) is 11.1 Å². The summed E-state index contributed by atoms with van der Waals surface area (Å²) in [6.45, 7) is 9.12. The second-order valence-corrected chi connectivity index (χ2v) is 5.14. The summed E-state index contributed by atoms with van der Waals surface area (Å²) in [6.07, 6.45) is 4.52. The molecule has 0 saturated carbocycles. The molecule has 104 valence electrons. The number of epoxide rings is 1. The van der Waals surface area contributed by atoms with Crippen molar-refractivity contribution in [3.8, 4) is 0 Å². The minimum atomic E-state index is -0.738. The maximum Gasteiger partial charge on any atom is 0.332 e. The highest BCUT2D eigenvalue weighted by Crippen LogP contribution is 2.42. The molecule has 0 aliphatic carbocycles. The van der Waals surface area contributed by atoms with E-state index in [9.17, 15) is 9.90 Å². The van der Waals surface area contributed by atoms with Crippen LogP contribution in [-0.2, 0) is 9.53 Å². The first-order valence-corrected chi connectivity index (χ1v) is 7.11.